The maximum Gasteiger partial charge on any atom is 0.254 e. The van der Waals surface area contributed by atoms with Gasteiger partial charge >= 0.3 is 0 Å². The highest BCUT2D eigenvalue weighted by molar-refractivity contribution is 5.94. The number of aromatic nitrogens is 3. The monoisotopic (exact) mass is 393 g/mol. The number of benzene rings is 1. The first-order valence-corrected chi connectivity index (χ1v) is 9.73. The van der Waals surface area contributed by atoms with E-state index < -0.39 is 0 Å². The summed E-state index contributed by atoms with van der Waals surface area (Å²) in [6.45, 7) is 5.44. The lowest BCUT2D eigenvalue weighted by molar-refractivity contribution is 0.0624. The quantitative estimate of drug-likeness (QED) is 0.637. The zero-order valence-corrected chi connectivity index (χ0v) is 16.3. The lowest BCUT2D eigenvalue weighted by Gasteiger charge is -2.34. The number of para-hydroxylation sites is 1. The summed E-state index contributed by atoms with van der Waals surface area (Å²) >= 11 is 0. The number of aryl methyl sites for hydroxylation is 1. The first kappa shape index (κ1) is 19.1. The van der Waals surface area contributed by atoms with E-state index in [4.69, 9.17) is 9.26 Å². The second-order valence-corrected chi connectivity index (χ2v) is 6.82. The summed E-state index contributed by atoms with van der Waals surface area (Å²) < 4.78 is 10.9. The Hall–Kier alpha value is -3.26. The minimum absolute atomic E-state index is 0.0159. The van der Waals surface area contributed by atoms with Crippen LogP contribution in [0.3, 0.4) is 0 Å². The molecule has 0 saturated carbocycles. The van der Waals surface area contributed by atoms with E-state index >= 15 is 0 Å². The Morgan fingerprint density at radius 2 is 1.93 bits per heavy atom. The van der Waals surface area contributed by atoms with Crippen LogP contribution >= 0.6 is 0 Å². The molecule has 1 saturated heterocycles. The van der Waals surface area contributed by atoms with Gasteiger partial charge in [-0.1, -0.05) is 30.3 Å². The van der Waals surface area contributed by atoms with E-state index in [1.807, 2.05) is 42.2 Å². The number of carbonyl (C=O) groups excluding carboxylic acids is 1. The Kier molecular flexibility index (Phi) is 5.81. The van der Waals surface area contributed by atoms with Crippen molar-refractivity contribution >= 4 is 5.91 Å². The van der Waals surface area contributed by atoms with Gasteiger partial charge in [0, 0.05) is 50.4 Å². The van der Waals surface area contributed by atoms with Crippen molar-refractivity contribution in [3.63, 3.8) is 0 Å². The van der Waals surface area contributed by atoms with Gasteiger partial charge in [0.2, 0.25) is 11.8 Å². The van der Waals surface area contributed by atoms with Crippen molar-refractivity contribution < 1.29 is 14.1 Å². The van der Waals surface area contributed by atoms with Gasteiger partial charge in [-0.15, -0.1) is 0 Å². The topological polar surface area (TPSA) is 84.6 Å². The molecule has 2 aromatic heterocycles. The Morgan fingerprint density at radius 1 is 1.14 bits per heavy atom. The average Bonchev–Trinajstić information content (AvgIpc) is 3.22. The predicted molar refractivity (Wildman–Crippen MR) is 106 cm³/mol. The Morgan fingerprint density at radius 3 is 2.66 bits per heavy atom. The maximum absolute atomic E-state index is 12.9. The van der Waals surface area contributed by atoms with Crippen LogP contribution in [0.15, 0.2) is 53.2 Å². The number of hydrogen-bond acceptors (Lipinski definition) is 7. The van der Waals surface area contributed by atoms with E-state index in [1.165, 1.54) is 0 Å². The Bertz CT molecular complexity index is 952. The molecule has 4 rings (SSSR count). The van der Waals surface area contributed by atoms with E-state index in [9.17, 15) is 4.79 Å². The predicted octanol–water partition coefficient (Wildman–Crippen LogP) is 2.78. The standard InChI is InChI=1S/C21H23N5O3/c1-2-19-23-18(24-29-19)15-25-10-12-26(13-11-25)21(27)16-8-9-22-20(14-16)28-17-6-4-3-5-7-17/h3-9,14H,2,10-13,15H2,1H3. The summed E-state index contributed by atoms with van der Waals surface area (Å²) in [6, 6.07) is 12.8. The summed E-state index contributed by atoms with van der Waals surface area (Å²) in [6.07, 6.45) is 2.33. The van der Waals surface area contributed by atoms with E-state index in [0.29, 0.717) is 48.5 Å². The number of piperazine rings is 1. The second-order valence-electron chi connectivity index (χ2n) is 6.82. The molecule has 1 aromatic carbocycles. The number of hydrogen-bond donors (Lipinski definition) is 0. The normalized spacial score (nSPS) is 14.7. The molecule has 0 atom stereocenters. The van der Waals surface area contributed by atoms with Crippen LogP contribution in [0, 0.1) is 0 Å². The molecule has 1 aliphatic rings. The summed E-state index contributed by atoms with van der Waals surface area (Å²) in [4.78, 5) is 25.5. The van der Waals surface area contributed by atoms with Gasteiger partial charge in [-0.2, -0.15) is 4.98 Å². The first-order valence-electron chi connectivity index (χ1n) is 9.73. The molecule has 0 radical (unpaired) electrons. The summed E-state index contributed by atoms with van der Waals surface area (Å²) in [5.74, 6) is 2.42. The van der Waals surface area contributed by atoms with Crippen LogP contribution in [-0.2, 0) is 13.0 Å². The van der Waals surface area contributed by atoms with Crippen LogP contribution in [0.4, 0.5) is 0 Å². The molecule has 1 aliphatic heterocycles. The molecule has 0 N–H and O–H groups in total. The van der Waals surface area contributed by atoms with Gasteiger partial charge in [0.25, 0.3) is 5.91 Å². The van der Waals surface area contributed by atoms with E-state index in [-0.39, 0.29) is 5.91 Å². The van der Waals surface area contributed by atoms with Crippen LogP contribution in [0.2, 0.25) is 0 Å². The molecular formula is C21H23N5O3. The van der Waals surface area contributed by atoms with Crippen molar-refractivity contribution in [1.29, 1.82) is 0 Å². The third-order valence-corrected chi connectivity index (χ3v) is 4.78. The van der Waals surface area contributed by atoms with Gasteiger partial charge < -0.3 is 14.2 Å². The molecule has 8 nitrogen and oxygen atoms in total. The summed E-state index contributed by atoms with van der Waals surface area (Å²) in [5.41, 5.74) is 0.574. The van der Waals surface area contributed by atoms with Crippen LogP contribution in [0.25, 0.3) is 0 Å². The van der Waals surface area contributed by atoms with Crippen LogP contribution in [0.1, 0.15) is 29.0 Å². The fraction of sp³-hybridized carbons (Fsp3) is 0.333. The zero-order chi connectivity index (χ0) is 20.1. The van der Waals surface area contributed by atoms with Gasteiger partial charge in [-0.3, -0.25) is 9.69 Å². The first-order chi connectivity index (χ1) is 14.2. The minimum Gasteiger partial charge on any atom is -0.439 e. The second kappa shape index (κ2) is 8.83. The van der Waals surface area contributed by atoms with Crippen LogP contribution < -0.4 is 4.74 Å². The average molecular weight is 393 g/mol. The van der Waals surface area contributed by atoms with Gasteiger partial charge in [-0.25, -0.2) is 4.98 Å². The molecule has 0 spiro atoms. The Labute approximate surface area is 169 Å². The minimum atomic E-state index is -0.0159. The highest BCUT2D eigenvalue weighted by Gasteiger charge is 2.23. The molecule has 1 fully saturated rings. The van der Waals surface area contributed by atoms with E-state index in [1.54, 1.807) is 18.3 Å². The fourth-order valence-electron chi connectivity index (χ4n) is 3.20. The fourth-order valence-corrected chi connectivity index (χ4v) is 3.20. The smallest absolute Gasteiger partial charge is 0.254 e. The number of ether oxygens (including phenoxy) is 1. The number of nitrogens with zero attached hydrogens (tertiary/aromatic N) is 5. The van der Waals surface area contributed by atoms with Crippen molar-refractivity contribution in [3.05, 3.63) is 65.9 Å². The van der Waals surface area contributed by atoms with E-state index in [0.717, 1.165) is 19.5 Å². The van der Waals surface area contributed by atoms with Crippen molar-refractivity contribution in [2.45, 2.75) is 19.9 Å². The van der Waals surface area contributed by atoms with Gasteiger partial charge in [0.05, 0.1) is 6.54 Å². The van der Waals surface area contributed by atoms with Crippen molar-refractivity contribution in [1.82, 2.24) is 24.9 Å². The molecule has 1 amide bonds. The summed E-state index contributed by atoms with van der Waals surface area (Å²) in [5, 5.41) is 4.00. The molecule has 0 bridgehead atoms. The zero-order valence-electron chi connectivity index (χ0n) is 16.3. The number of carbonyl (C=O) groups is 1. The SMILES string of the molecule is CCc1nc(CN2CCN(C(=O)c3ccnc(Oc4ccccc4)c3)CC2)no1. The molecule has 0 aliphatic carbocycles. The molecule has 8 heteroatoms. The van der Waals surface area contributed by atoms with Gasteiger partial charge in [0.15, 0.2) is 5.82 Å². The molecule has 3 heterocycles. The third kappa shape index (κ3) is 4.78. The highest BCUT2D eigenvalue weighted by atomic mass is 16.5. The van der Waals surface area contributed by atoms with Gasteiger partial charge in [-0.05, 0) is 18.2 Å². The van der Waals surface area contributed by atoms with E-state index in [2.05, 4.69) is 20.0 Å². The maximum atomic E-state index is 12.9. The summed E-state index contributed by atoms with van der Waals surface area (Å²) in [7, 11) is 0. The largest absolute Gasteiger partial charge is 0.439 e. The van der Waals surface area contributed by atoms with Crippen molar-refractivity contribution in [2.75, 3.05) is 26.2 Å². The van der Waals surface area contributed by atoms with Crippen LogP contribution in [-0.4, -0.2) is 57.0 Å². The Balaban J connectivity index is 1.34. The molecule has 0 unspecified atom stereocenters. The lowest BCUT2D eigenvalue weighted by Crippen LogP contribution is -2.48. The number of pyridine rings is 1. The van der Waals surface area contributed by atoms with Gasteiger partial charge in [0.1, 0.15) is 5.75 Å². The molecular weight excluding hydrogens is 370 g/mol. The lowest BCUT2D eigenvalue weighted by atomic mass is 10.2. The highest BCUT2D eigenvalue weighted by Crippen LogP contribution is 2.20. The third-order valence-electron chi connectivity index (χ3n) is 4.78. The molecule has 29 heavy (non-hydrogen) atoms. The van der Waals surface area contributed by atoms with Crippen LogP contribution in [0.5, 0.6) is 11.6 Å². The molecule has 150 valence electrons. The number of rotatable bonds is 6. The number of amides is 1. The molecule has 3 aromatic rings. The van der Waals surface area contributed by atoms with Crippen molar-refractivity contribution in [3.8, 4) is 11.6 Å². The van der Waals surface area contributed by atoms with Crippen molar-refractivity contribution in [2.24, 2.45) is 0 Å².